The van der Waals surface area contributed by atoms with Gasteiger partial charge in [-0.25, -0.2) is 0 Å². The van der Waals surface area contributed by atoms with Crippen LogP contribution < -0.4 is 10.1 Å². The molecular weight excluding hydrogens is 340 g/mol. The van der Waals surface area contributed by atoms with Gasteiger partial charge in [0.15, 0.2) is 5.82 Å². The molecule has 0 saturated carbocycles. The fraction of sp³-hybridized carbons (Fsp3) is 0.143. The third-order valence-corrected chi connectivity index (χ3v) is 4.55. The second-order valence-corrected chi connectivity index (χ2v) is 6.19. The number of benzene rings is 2. The van der Waals surface area contributed by atoms with Crippen molar-refractivity contribution in [1.82, 2.24) is 14.8 Å². The molecule has 0 fully saturated rings. The van der Waals surface area contributed by atoms with Crippen molar-refractivity contribution in [3.63, 3.8) is 0 Å². The molecule has 2 N–H and O–H groups in total. The Morgan fingerprint density at radius 2 is 2.00 bits per heavy atom. The van der Waals surface area contributed by atoms with Crippen molar-refractivity contribution in [3.8, 4) is 17.1 Å². The number of amides is 1. The Morgan fingerprint density at radius 1 is 1.15 bits per heavy atom. The number of hydrogen-bond donors (Lipinski definition) is 2. The topological polar surface area (TPSA) is 71.9 Å². The van der Waals surface area contributed by atoms with E-state index >= 15 is 0 Å². The normalized spacial score (nSPS) is 10.9. The minimum Gasteiger partial charge on any atom is -0.497 e. The summed E-state index contributed by atoms with van der Waals surface area (Å²) in [7, 11) is 1.57. The Balaban J connectivity index is 1.61. The first-order valence-corrected chi connectivity index (χ1v) is 8.79. The Morgan fingerprint density at radius 3 is 2.81 bits per heavy atom. The van der Waals surface area contributed by atoms with Crippen molar-refractivity contribution < 1.29 is 9.53 Å². The van der Waals surface area contributed by atoms with Crippen molar-refractivity contribution in [3.05, 3.63) is 66.2 Å². The molecule has 0 aliphatic rings. The van der Waals surface area contributed by atoms with E-state index in [-0.39, 0.29) is 5.91 Å². The van der Waals surface area contributed by atoms with Crippen LogP contribution in [0.15, 0.2) is 60.7 Å². The van der Waals surface area contributed by atoms with Gasteiger partial charge in [0, 0.05) is 29.1 Å². The molecule has 0 atom stereocenters. The first kappa shape index (κ1) is 16.9. The highest BCUT2D eigenvalue weighted by molar-refractivity contribution is 6.04. The van der Waals surface area contributed by atoms with Crippen molar-refractivity contribution in [2.24, 2.45) is 0 Å². The Bertz CT molecular complexity index is 1110. The van der Waals surface area contributed by atoms with Gasteiger partial charge in [-0.2, -0.15) is 5.10 Å². The largest absolute Gasteiger partial charge is 0.497 e. The monoisotopic (exact) mass is 360 g/mol. The lowest BCUT2D eigenvalue weighted by Crippen LogP contribution is -2.12. The maximum atomic E-state index is 12.5. The van der Waals surface area contributed by atoms with E-state index in [1.54, 1.807) is 31.4 Å². The molecule has 0 bridgehead atoms. The highest BCUT2D eigenvalue weighted by Gasteiger charge is 2.14. The number of nitrogens with one attached hydrogen (secondary N) is 2. The van der Waals surface area contributed by atoms with E-state index in [0.29, 0.717) is 17.1 Å². The summed E-state index contributed by atoms with van der Waals surface area (Å²) in [5, 5.41) is 11.3. The lowest BCUT2D eigenvalue weighted by atomic mass is 10.2. The van der Waals surface area contributed by atoms with Crippen LogP contribution in [-0.2, 0) is 6.54 Å². The van der Waals surface area contributed by atoms with Gasteiger partial charge < -0.3 is 14.6 Å². The second-order valence-electron chi connectivity index (χ2n) is 6.19. The number of ether oxygens (including phenoxy) is 1. The van der Waals surface area contributed by atoms with Gasteiger partial charge in [0.05, 0.1) is 18.5 Å². The highest BCUT2D eigenvalue weighted by Crippen LogP contribution is 2.28. The molecule has 1 amide bonds. The number of H-pyrrole nitrogens is 1. The van der Waals surface area contributed by atoms with Crippen molar-refractivity contribution in [1.29, 1.82) is 0 Å². The molecule has 4 aromatic rings. The number of rotatable bonds is 5. The summed E-state index contributed by atoms with van der Waals surface area (Å²) in [5.41, 5.74) is 3.58. The predicted octanol–water partition coefficient (Wildman–Crippen LogP) is 4.31. The quantitative estimate of drug-likeness (QED) is 0.557. The molecule has 2 aromatic heterocycles. The number of aryl methyl sites for hydroxylation is 1. The number of carbonyl (C=O) groups excluding carboxylic acids is 1. The number of methoxy groups -OCH3 is 1. The number of aromatic nitrogens is 3. The van der Waals surface area contributed by atoms with Crippen LogP contribution in [0.5, 0.6) is 5.75 Å². The van der Waals surface area contributed by atoms with Crippen molar-refractivity contribution >= 4 is 22.6 Å². The fourth-order valence-electron chi connectivity index (χ4n) is 3.24. The minimum atomic E-state index is -0.233. The standard InChI is InChI=1S/C21H20N4O2/c1-3-25-18-10-5-4-7-14(18)12-19(25)17-13-20(24-23-17)22-21(26)15-8-6-9-16(11-15)27-2/h4-13H,3H2,1-2H3,(H2,22,23,24,26). The number of anilines is 1. The maximum absolute atomic E-state index is 12.5. The molecule has 0 spiro atoms. The summed E-state index contributed by atoms with van der Waals surface area (Å²) in [5.74, 6) is 0.881. The Kier molecular flexibility index (Phi) is 4.38. The Hall–Kier alpha value is -3.54. The van der Waals surface area contributed by atoms with Crippen LogP contribution in [0.1, 0.15) is 17.3 Å². The summed E-state index contributed by atoms with van der Waals surface area (Å²) >= 11 is 0. The van der Waals surface area contributed by atoms with Gasteiger partial charge in [-0.3, -0.25) is 9.89 Å². The molecule has 4 rings (SSSR count). The van der Waals surface area contributed by atoms with Crippen LogP contribution in [0.25, 0.3) is 22.3 Å². The maximum Gasteiger partial charge on any atom is 0.256 e. The average Bonchev–Trinajstić information content (AvgIpc) is 3.31. The zero-order valence-electron chi connectivity index (χ0n) is 15.2. The molecule has 0 radical (unpaired) electrons. The van der Waals surface area contributed by atoms with E-state index in [4.69, 9.17) is 4.74 Å². The molecule has 6 nitrogen and oxygen atoms in total. The molecule has 2 heterocycles. The molecule has 2 aromatic carbocycles. The van der Waals surface area contributed by atoms with E-state index in [1.165, 1.54) is 10.9 Å². The molecule has 6 heteroatoms. The first-order chi connectivity index (χ1) is 13.2. The molecular formula is C21H20N4O2. The third-order valence-electron chi connectivity index (χ3n) is 4.55. The van der Waals surface area contributed by atoms with Crippen LogP contribution in [0.3, 0.4) is 0 Å². The third kappa shape index (κ3) is 3.17. The molecule has 0 aliphatic carbocycles. The van der Waals surface area contributed by atoms with Crippen molar-refractivity contribution in [2.75, 3.05) is 12.4 Å². The molecule has 27 heavy (non-hydrogen) atoms. The SMILES string of the molecule is CCn1c(-c2cc(NC(=O)c3cccc(OC)c3)n[nH]2)cc2ccccc21. The molecule has 136 valence electrons. The lowest BCUT2D eigenvalue weighted by Gasteiger charge is -2.05. The number of carbonyl (C=O) groups is 1. The van der Waals surface area contributed by atoms with Crippen LogP contribution >= 0.6 is 0 Å². The van der Waals surface area contributed by atoms with Crippen LogP contribution in [0, 0.1) is 0 Å². The van der Waals surface area contributed by atoms with Crippen LogP contribution in [0.2, 0.25) is 0 Å². The van der Waals surface area contributed by atoms with Gasteiger partial charge in [0.2, 0.25) is 0 Å². The zero-order chi connectivity index (χ0) is 18.8. The van der Waals surface area contributed by atoms with Gasteiger partial charge in [0.1, 0.15) is 5.75 Å². The van der Waals surface area contributed by atoms with E-state index < -0.39 is 0 Å². The second kappa shape index (κ2) is 6.99. The number of nitrogens with zero attached hydrogens (tertiary/aromatic N) is 2. The summed E-state index contributed by atoms with van der Waals surface area (Å²) in [6, 6.07) is 19.2. The fourth-order valence-corrected chi connectivity index (χ4v) is 3.24. The first-order valence-electron chi connectivity index (χ1n) is 8.79. The van der Waals surface area contributed by atoms with Gasteiger partial charge in [-0.05, 0) is 37.3 Å². The van der Waals surface area contributed by atoms with E-state index in [1.807, 2.05) is 18.2 Å². The zero-order valence-corrected chi connectivity index (χ0v) is 15.2. The van der Waals surface area contributed by atoms with Gasteiger partial charge >= 0.3 is 0 Å². The summed E-state index contributed by atoms with van der Waals surface area (Å²) in [4.78, 5) is 12.5. The van der Waals surface area contributed by atoms with Gasteiger partial charge in [-0.15, -0.1) is 0 Å². The van der Waals surface area contributed by atoms with E-state index in [0.717, 1.165) is 17.9 Å². The van der Waals surface area contributed by atoms with Crippen molar-refractivity contribution in [2.45, 2.75) is 13.5 Å². The van der Waals surface area contributed by atoms with E-state index in [9.17, 15) is 4.79 Å². The predicted molar refractivity (Wildman–Crippen MR) is 106 cm³/mol. The molecule has 0 aliphatic heterocycles. The van der Waals surface area contributed by atoms with Crippen LogP contribution in [0.4, 0.5) is 5.82 Å². The number of hydrogen-bond acceptors (Lipinski definition) is 3. The lowest BCUT2D eigenvalue weighted by molar-refractivity contribution is 0.102. The summed E-state index contributed by atoms with van der Waals surface area (Å²) < 4.78 is 7.39. The van der Waals surface area contributed by atoms with Gasteiger partial charge in [0.25, 0.3) is 5.91 Å². The Labute approximate surface area is 156 Å². The molecule has 0 unspecified atom stereocenters. The minimum absolute atomic E-state index is 0.233. The number of para-hydroxylation sites is 1. The summed E-state index contributed by atoms with van der Waals surface area (Å²) in [6.07, 6.45) is 0. The average molecular weight is 360 g/mol. The number of aromatic amines is 1. The van der Waals surface area contributed by atoms with E-state index in [2.05, 4.69) is 45.2 Å². The van der Waals surface area contributed by atoms with Crippen LogP contribution in [-0.4, -0.2) is 27.8 Å². The smallest absolute Gasteiger partial charge is 0.256 e. The molecule has 0 saturated heterocycles. The summed E-state index contributed by atoms with van der Waals surface area (Å²) in [6.45, 7) is 2.95. The highest BCUT2D eigenvalue weighted by atomic mass is 16.5. The van der Waals surface area contributed by atoms with Gasteiger partial charge in [-0.1, -0.05) is 24.3 Å². The number of fused-ring (bicyclic) bond motifs is 1.